The van der Waals surface area contributed by atoms with E-state index in [0.29, 0.717) is 11.1 Å². The second-order valence-electron chi connectivity index (χ2n) is 6.08. The Kier molecular flexibility index (Phi) is 6.61. The van der Waals surface area contributed by atoms with Gasteiger partial charge in [-0.25, -0.2) is 14.8 Å². The molecule has 150 valence electrons. The smallest absolute Gasteiger partial charge is 0.430 e. The van der Waals surface area contributed by atoms with Crippen molar-refractivity contribution in [3.63, 3.8) is 0 Å². The molecule has 9 heteroatoms. The van der Waals surface area contributed by atoms with Crippen LogP contribution in [0.5, 0.6) is 0 Å². The average Bonchev–Trinajstić information content (AvgIpc) is 2.65. The van der Waals surface area contributed by atoms with Crippen molar-refractivity contribution in [3.8, 4) is 11.3 Å². The van der Waals surface area contributed by atoms with Gasteiger partial charge in [-0.2, -0.15) is 18.3 Å². The molecule has 0 spiro atoms. The largest absolute Gasteiger partial charge is 0.448 e. The van der Waals surface area contributed by atoms with Crippen LogP contribution in [-0.4, -0.2) is 50.1 Å². The maximum absolute atomic E-state index is 13.2. The van der Waals surface area contributed by atoms with Crippen LogP contribution in [0.4, 0.5) is 23.8 Å². The Bertz CT molecular complexity index is 849. The van der Waals surface area contributed by atoms with Crippen LogP contribution in [0, 0.1) is 0 Å². The lowest BCUT2D eigenvalue weighted by molar-refractivity contribution is -0.137. The van der Waals surface area contributed by atoms with Crippen molar-refractivity contribution in [2.75, 3.05) is 32.6 Å². The zero-order chi connectivity index (χ0) is 20.9. The molecule has 0 radical (unpaired) electrons. The Labute approximate surface area is 161 Å². The molecule has 0 unspecified atom stereocenters. The standard InChI is InChI=1S/C19H21F3N4O2/c1-5-28-18(27)26(4)23-12-13-6-8-14(9-7-13)16-10-15(19(20,21)22)11-17(24-16)25(2)3/h6-12H,5H2,1-4H3/b23-12-. The quantitative estimate of drug-likeness (QED) is 0.562. The van der Waals surface area contributed by atoms with Crippen LogP contribution in [0.15, 0.2) is 41.5 Å². The van der Waals surface area contributed by atoms with Gasteiger partial charge in [-0.1, -0.05) is 24.3 Å². The molecular formula is C19H21F3N4O2. The van der Waals surface area contributed by atoms with E-state index >= 15 is 0 Å². The van der Waals surface area contributed by atoms with E-state index in [2.05, 4.69) is 10.1 Å². The fraction of sp³-hybridized carbons (Fsp3) is 0.316. The summed E-state index contributed by atoms with van der Waals surface area (Å²) in [6.45, 7) is 1.93. The third-order valence-corrected chi connectivity index (χ3v) is 3.72. The van der Waals surface area contributed by atoms with Gasteiger partial charge in [0.2, 0.25) is 0 Å². The van der Waals surface area contributed by atoms with Crippen molar-refractivity contribution in [1.82, 2.24) is 9.99 Å². The number of hydrazone groups is 1. The van der Waals surface area contributed by atoms with Crippen LogP contribution in [0.3, 0.4) is 0 Å². The van der Waals surface area contributed by atoms with Crippen molar-refractivity contribution in [2.45, 2.75) is 13.1 Å². The average molecular weight is 394 g/mol. The molecule has 1 aromatic heterocycles. The summed E-state index contributed by atoms with van der Waals surface area (Å²) in [6, 6.07) is 8.67. The fourth-order valence-electron chi connectivity index (χ4n) is 2.21. The number of hydrogen-bond donors (Lipinski definition) is 0. The minimum atomic E-state index is -4.47. The summed E-state index contributed by atoms with van der Waals surface area (Å²) in [5, 5.41) is 5.01. The molecule has 0 aliphatic carbocycles. The molecule has 0 N–H and O–H groups in total. The number of halogens is 3. The number of nitrogens with zero attached hydrogens (tertiary/aromatic N) is 4. The first kappa shape index (κ1) is 21.2. The molecule has 0 aliphatic rings. The SMILES string of the molecule is CCOC(=O)N(C)/N=C\c1ccc(-c2cc(C(F)(F)F)cc(N(C)C)n2)cc1. The van der Waals surface area contributed by atoms with Crippen molar-refractivity contribution in [1.29, 1.82) is 0 Å². The Hall–Kier alpha value is -3.10. The predicted molar refractivity (Wildman–Crippen MR) is 101 cm³/mol. The van der Waals surface area contributed by atoms with Gasteiger partial charge in [-0.05, 0) is 24.6 Å². The highest BCUT2D eigenvalue weighted by molar-refractivity contribution is 5.82. The van der Waals surface area contributed by atoms with Crippen LogP contribution in [0.25, 0.3) is 11.3 Å². The summed E-state index contributed by atoms with van der Waals surface area (Å²) < 4.78 is 44.4. The molecule has 2 rings (SSSR count). The summed E-state index contributed by atoms with van der Waals surface area (Å²) in [5.74, 6) is 0.214. The highest BCUT2D eigenvalue weighted by atomic mass is 19.4. The molecular weight excluding hydrogens is 373 g/mol. The Morgan fingerprint density at radius 1 is 1.18 bits per heavy atom. The van der Waals surface area contributed by atoms with Crippen molar-refractivity contribution < 1.29 is 22.7 Å². The van der Waals surface area contributed by atoms with Gasteiger partial charge in [-0.15, -0.1) is 0 Å². The Balaban J connectivity index is 2.28. The van der Waals surface area contributed by atoms with Gasteiger partial charge in [0.15, 0.2) is 0 Å². The number of carbonyl (C=O) groups excluding carboxylic acids is 1. The summed E-state index contributed by atoms with van der Waals surface area (Å²) in [6.07, 6.45) is -3.60. The maximum atomic E-state index is 13.2. The molecule has 0 atom stereocenters. The van der Waals surface area contributed by atoms with Crippen LogP contribution >= 0.6 is 0 Å². The number of pyridine rings is 1. The van der Waals surface area contributed by atoms with E-state index in [1.54, 1.807) is 45.3 Å². The van der Waals surface area contributed by atoms with E-state index in [9.17, 15) is 18.0 Å². The second kappa shape index (κ2) is 8.73. The first-order valence-corrected chi connectivity index (χ1v) is 8.43. The van der Waals surface area contributed by atoms with Crippen LogP contribution in [-0.2, 0) is 10.9 Å². The van der Waals surface area contributed by atoms with Crippen LogP contribution < -0.4 is 4.90 Å². The summed E-state index contributed by atoms with van der Waals surface area (Å²) in [7, 11) is 4.72. The van der Waals surface area contributed by atoms with E-state index in [4.69, 9.17) is 4.74 Å². The van der Waals surface area contributed by atoms with Crippen molar-refractivity contribution in [3.05, 3.63) is 47.5 Å². The van der Waals surface area contributed by atoms with Gasteiger partial charge in [0, 0.05) is 26.7 Å². The molecule has 1 heterocycles. The third kappa shape index (κ3) is 5.45. The fourth-order valence-corrected chi connectivity index (χ4v) is 2.21. The summed E-state index contributed by atoms with van der Waals surface area (Å²) >= 11 is 0. The second-order valence-corrected chi connectivity index (χ2v) is 6.08. The van der Waals surface area contributed by atoms with Gasteiger partial charge < -0.3 is 9.64 Å². The minimum Gasteiger partial charge on any atom is -0.448 e. The number of carbonyl (C=O) groups is 1. The van der Waals surface area contributed by atoms with Gasteiger partial charge >= 0.3 is 12.3 Å². The van der Waals surface area contributed by atoms with E-state index in [0.717, 1.165) is 17.1 Å². The number of amides is 1. The lowest BCUT2D eigenvalue weighted by Gasteiger charge is -2.16. The molecule has 0 fully saturated rings. The first-order chi connectivity index (χ1) is 13.1. The molecule has 1 aromatic carbocycles. The molecule has 2 aromatic rings. The van der Waals surface area contributed by atoms with Gasteiger partial charge in [-0.3, -0.25) is 0 Å². The normalized spacial score (nSPS) is 11.5. The van der Waals surface area contributed by atoms with E-state index in [-0.39, 0.29) is 18.1 Å². The lowest BCUT2D eigenvalue weighted by atomic mass is 10.1. The van der Waals surface area contributed by atoms with E-state index in [1.165, 1.54) is 18.2 Å². The van der Waals surface area contributed by atoms with Gasteiger partial charge in [0.05, 0.1) is 24.1 Å². The van der Waals surface area contributed by atoms with Crippen molar-refractivity contribution >= 4 is 18.1 Å². The molecule has 0 aliphatic heterocycles. The maximum Gasteiger partial charge on any atom is 0.430 e. The molecule has 1 amide bonds. The topological polar surface area (TPSA) is 58.0 Å². The Morgan fingerprint density at radius 3 is 2.36 bits per heavy atom. The predicted octanol–water partition coefficient (Wildman–Crippen LogP) is 4.26. The number of alkyl halides is 3. The third-order valence-electron chi connectivity index (χ3n) is 3.72. The number of ether oxygens (including phenoxy) is 1. The van der Waals surface area contributed by atoms with Crippen LogP contribution in [0.2, 0.25) is 0 Å². The number of aromatic nitrogens is 1. The highest BCUT2D eigenvalue weighted by Crippen LogP contribution is 2.33. The van der Waals surface area contributed by atoms with E-state index in [1.807, 2.05) is 0 Å². The van der Waals surface area contributed by atoms with E-state index < -0.39 is 17.8 Å². The van der Waals surface area contributed by atoms with Crippen LogP contribution in [0.1, 0.15) is 18.1 Å². The van der Waals surface area contributed by atoms with Gasteiger partial charge in [0.25, 0.3) is 0 Å². The number of hydrogen-bond acceptors (Lipinski definition) is 5. The summed E-state index contributed by atoms with van der Waals surface area (Å²) in [5.41, 5.74) is 0.651. The monoisotopic (exact) mass is 394 g/mol. The molecule has 0 bridgehead atoms. The number of rotatable bonds is 5. The first-order valence-electron chi connectivity index (χ1n) is 8.43. The number of anilines is 1. The zero-order valence-electron chi connectivity index (χ0n) is 16.0. The minimum absolute atomic E-state index is 0.214. The summed E-state index contributed by atoms with van der Waals surface area (Å²) in [4.78, 5) is 17.3. The molecule has 6 nitrogen and oxygen atoms in total. The van der Waals surface area contributed by atoms with Gasteiger partial charge in [0.1, 0.15) is 5.82 Å². The molecule has 28 heavy (non-hydrogen) atoms. The van der Waals surface area contributed by atoms with Crippen molar-refractivity contribution in [2.24, 2.45) is 5.10 Å². The Morgan fingerprint density at radius 2 is 1.82 bits per heavy atom. The number of benzene rings is 1. The highest BCUT2D eigenvalue weighted by Gasteiger charge is 2.32. The molecule has 0 saturated heterocycles. The molecule has 0 saturated carbocycles. The zero-order valence-corrected chi connectivity index (χ0v) is 16.0. The lowest BCUT2D eigenvalue weighted by Crippen LogP contribution is -2.22.